The molecule has 3 N–H and O–H groups in total. The van der Waals surface area contributed by atoms with Crippen LogP contribution in [-0.4, -0.2) is 37.0 Å². The summed E-state index contributed by atoms with van der Waals surface area (Å²) in [6.45, 7) is 3.14. The van der Waals surface area contributed by atoms with E-state index in [1.165, 1.54) is 17.7 Å². The Morgan fingerprint density at radius 1 is 1.29 bits per heavy atom. The van der Waals surface area contributed by atoms with E-state index >= 15 is 0 Å². The number of rotatable bonds is 8. The van der Waals surface area contributed by atoms with Gasteiger partial charge in [-0.1, -0.05) is 11.6 Å². The second-order valence-corrected chi connectivity index (χ2v) is 5.43. The van der Waals surface area contributed by atoms with Gasteiger partial charge in [-0.3, -0.25) is 14.9 Å². The molecule has 132 valence electrons. The number of benzene rings is 1. The number of hydrogen-bond acceptors (Lipinski definition) is 5. The molecule has 0 aliphatic carbocycles. The van der Waals surface area contributed by atoms with Gasteiger partial charge >= 0.3 is 0 Å². The van der Waals surface area contributed by atoms with E-state index in [1.54, 1.807) is 12.1 Å². The van der Waals surface area contributed by atoms with Crippen molar-refractivity contribution in [2.45, 2.75) is 19.3 Å². The van der Waals surface area contributed by atoms with Gasteiger partial charge in [0.1, 0.15) is 0 Å². The van der Waals surface area contributed by atoms with E-state index < -0.39 is 4.92 Å². The van der Waals surface area contributed by atoms with Crippen molar-refractivity contribution in [3.05, 3.63) is 46.0 Å². The Balaban J connectivity index is 0.00000288. The topological polar surface area (TPSA) is 96.3 Å². The van der Waals surface area contributed by atoms with Gasteiger partial charge in [-0.2, -0.15) is 0 Å². The van der Waals surface area contributed by atoms with Crippen LogP contribution in [0.2, 0.25) is 0 Å². The van der Waals surface area contributed by atoms with Crippen LogP contribution in [0.25, 0.3) is 0 Å². The normalized spacial score (nSPS) is 13.4. The number of amides is 1. The lowest BCUT2D eigenvalue weighted by Gasteiger charge is -2.14. The smallest absolute Gasteiger partial charge is 0.269 e. The van der Waals surface area contributed by atoms with Crippen LogP contribution in [-0.2, 0) is 4.79 Å². The Kier molecular flexibility index (Phi) is 8.81. The molecule has 7 nitrogen and oxygen atoms in total. The van der Waals surface area contributed by atoms with E-state index in [4.69, 9.17) is 0 Å². The number of carbonyl (C=O) groups excluding carboxylic acids is 1. The third-order valence-corrected chi connectivity index (χ3v) is 3.66. The molecule has 0 saturated carbocycles. The number of halogens is 1. The number of non-ortho nitro benzene ring substituents is 1. The predicted molar refractivity (Wildman–Crippen MR) is 96.6 cm³/mol. The Morgan fingerprint density at radius 3 is 2.67 bits per heavy atom. The molecule has 2 rings (SSSR count). The molecule has 1 aromatic carbocycles. The minimum absolute atomic E-state index is 0. The van der Waals surface area contributed by atoms with Gasteiger partial charge < -0.3 is 16.0 Å². The first-order valence-electron chi connectivity index (χ1n) is 7.79. The highest BCUT2D eigenvalue weighted by atomic mass is 35.5. The molecular weight excluding hydrogens is 332 g/mol. The number of nitrogens with zero attached hydrogens (tertiary/aromatic N) is 1. The first-order chi connectivity index (χ1) is 11.1. The highest BCUT2D eigenvalue weighted by molar-refractivity contribution is 5.85. The first-order valence-corrected chi connectivity index (χ1v) is 7.79. The number of nitro groups is 1. The largest absolute Gasteiger partial charge is 0.385 e. The fraction of sp³-hybridized carbons (Fsp3) is 0.438. The van der Waals surface area contributed by atoms with Gasteiger partial charge in [-0.15, -0.1) is 12.4 Å². The maximum absolute atomic E-state index is 11.8. The van der Waals surface area contributed by atoms with Gasteiger partial charge in [0.25, 0.3) is 5.69 Å². The quantitative estimate of drug-likeness (QED) is 0.288. The summed E-state index contributed by atoms with van der Waals surface area (Å²) in [5.41, 5.74) is 2.17. The van der Waals surface area contributed by atoms with Crippen molar-refractivity contribution in [3.63, 3.8) is 0 Å². The summed E-state index contributed by atoms with van der Waals surface area (Å²) >= 11 is 0. The van der Waals surface area contributed by atoms with Gasteiger partial charge in [0, 0.05) is 43.9 Å². The first kappa shape index (κ1) is 19.9. The Morgan fingerprint density at radius 2 is 2.04 bits per heavy atom. The maximum Gasteiger partial charge on any atom is 0.269 e. The summed E-state index contributed by atoms with van der Waals surface area (Å²) in [4.78, 5) is 21.9. The van der Waals surface area contributed by atoms with E-state index in [-0.39, 0.29) is 24.0 Å². The van der Waals surface area contributed by atoms with Crippen LogP contribution in [0, 0.1) is 10.1 Å². The van der Waals surface area contributed by atoms with Gasteiger partial charge in [-0.25, -0.2) is 0 Å². The number of anilines is 1. The van der Waals surface area contributed by atoms with E-state index in [0.29, 0.717) is 25.9 Å². The van der Waals surface area contributed by atoms with Crippen molar-refractivity contribution in [3.8, 4) is 0 Å². The summed E-state index contributed by atoms with van der Waals surface area (Å²) in [7, 11) is 0. The minimum Gasteiger partial charge on any atom is -0.385 e. The monoisotopic (exact) mass is 354 g/mol. The average Bonchev–Trinajstić information content (AvgIpc) is 2.58. The van der Waals surface area contributed by atoms with Crippen molar-refractivity contribution in [2.75, 3.05) is 31.5 Å². The molecule has 0 atom stereocenters. The predicted octanol–water partition coefficient (Wildman–Crippen LogP) is 2.24. The van der Waals surface area contributed by atoms with Crippen LogP contribution in [0.15, 0.2) is 35.9 Å². The second kappa shape index (κ2) is 10.6. The molecule has 0 radical (unpaired) electrons. The van der Waals surface area contributed by atoms with Crippen LogP contribution in [0.3, 0.4) is 0 Å². The van der Waals surface area contributed by atoms with Crippen LogP contribution < -0.4 is 16.0 Å². The molecule has 1 aromatic rings. The molecule has 0 unspecified atom stereocenters. The van der Waals surface area contributed by atoms with E-state index in [1.807, 2.05) is 0 Å². The van der Waals surface area contributed by atoms with Gasteiger partial charge in [0.15, 0.2) is 0 Å². The average molecular weight is 355 g/mol. The second-order valence-electron chi connectivity index (χ2n) is 5.43. The van der Waals surface area contributed by atoms with Crippen LogP contribution in [0.4, 0.5) is 11.4 Å². The Hall–Kier alpha value is -2.12. The molecule has 1 aliphatic rings. The van der Waals surface area contributed by atoms with Crippen molar-refractivity contribution in [1.29, 1.82) is 0 Å². The standard InChI is InChI=1S/C16H22N4O3.ClH/c21-16(19-12-13-7-10-17-11-8-13)2-1-9-18-14-3-5-15(6-4-14)20(22)23;/h3-7,17-18H,1-2,8-12H2,(H,19,21);1H. The Bertz CT molecular complexity index is 575. The van der Waals surface area contributed by atoms with Gasteiger partial charge in [0.05, 0.1) is 4.92 Å². The van der Waals surface area contributed by atoms with Crippen molar-refractivity contribution >= 4 is 29.7 Å². The van der Waals surface area contributed by atoms with Crippen molar-refractivity contribution < 1.29 is 9.72 Å². The molecule has 8 heteroatoms. The molecule has 24 heavy (non-hydrogen) atoms. The lowest BCUT2D eigenvalue weighted by Crippen LogP contribution is -2.29. The summed E-state index contributed by atoms with van der Waals surface area (Å²) in [5, 5.41) is 19.9. The molecule has 0 fully saturated rings. The highest BCUT2D eigenvalue weighted by Gasteiger charge is 2.06. The van der Waals surface area contributed by atoms with E-state index in [9.17, 15) is 14.9 Å². The molecule has 1 aliphatic heterocycles. The fourth-order valence-corrected chi connectivity index (χ4v) is 2.31. The number of nitro benzene ring substituents is 1. The summed E-state index contributed by atoms with van der Waals surface area (Å²) in [6.07, 6.45) is 4.29. The van der Waals surface area contributed by atoms with Crippen molar-refractivity contribution in [2.24, 2.45) is 0 Å². The zero-order valence-corrected chi connectivity index (χ0v) is 14.2. The Labute approximate surface area is 147 Å². The van der Waals surface area contributed by atoms with Gasteiger partial charge in [-0.05, 0) is 31.5 Å². The highest BCUT2D eigenvalue weighted by Crippen LogP contribution is 2.15. The SMILES string of the molecule is Cl.O=C(CCCNc1ccc([N+](=O)[O-])cc1)NCC1=CCNCC1. The lowest BCUT2D eigenvalue weighted by atomic mass is 10.1. The number of hydrogen-bond donors (Lipinski definition) is 3. The number of carbonyl (C=O) groups is 1. The zero-order valence-electron chi connectivity index (χ0n) is 13.4. The zero-order chi connectivity index (χ0) is 16.5. The number of nitrogens with one attached hydrogen (secondary N) is 3. The van der Waals surface area contributed by atoms with E-state index in [2.05, 4.69) is 22.0 Å². The lowest BCUT2D eigenvalue weighted by molar-refractivity contribution is -0.384. The third kappa shape index (κ3) is 6.97. The summed E-state index contributed by atoms with van der Waals surface area (Å²) in [6, 6.07) is 6.26. The molecular formula is C16H23ClN4O3. The van der Waals surface area contributed by atoms with Crippen LogP contribution in [0.5, 0.6) is 0 Å². The molecule has 1 heterocycles. The summed E-state index contributed by atoms with van der Waals surface area (Å²) < 4.78 is 0. The van der Waals surface area contributed by atoms with E-state index in [0.717, 1.165) is 25.2 Å². The molecule has 0 bridgehead atoms. The third-order valence-electron chi connectivity index (χ3n) is 3.66. The maximum atomic E-state index is 11.8. The fourth-order valence-electron chi connectivity index (χ4n) is 2.31. The molecule has 0 aromatic heterocycles. The van der Waals surface area contributed by atoms with Crippen LogP contribution >= 0.6 is 12.4 Å². The minimum atomic E-state index is -0.425. The van der Waals surface area contributed by atoms with Gasteiger partial charge in [0.2, 0.25) is 5.91 Å². The van der Waals surface area contributed by atoms with Crippen LogP contribution in [0.1, 0.15) is 19.3 Å². The molecule has 0 spiro atoms. The molecule has 1 amide bonds. The summed E-state index contributed by atoms with van der Waals surface area (Å²) in [5.74, 6) is 0.0509. The van der Waals surface area contributed by atoms with Crippen molar-refractivity contribution in [1.82, 2.24) is 10.6 Å². The molecule has 0 saturated heterocycles.